The van der Waals surface area contributed by atoms with Gasteiger partial charge in [-0.2, -0.15) is 6.08 Å². The van der Waals surface area contributed by atoms with Crippen LogP contribution >= 0.6 is 0 Å². The van der Waals surface area contributed by atoms with Crippen LogP contribution in [0.1, 0.15) is 89.5 Å². The fourth-order valence-electron chi connectivity index (χ4n) is 2.13. The van der Waals surface area contributed by atoms with Crippen LogP contribution in [-0.2, 0) is 26.2 Å². The minimum absolute atomic E-state index is 0. The number of rotatable bonds is 6. The van der Waals surface area contributed by atoms with E-state index in [0.717, 1.165) is 6.42 Å². The Kier molecular flexibility index (Phi) is 31.2. The summed E-state index contributed by atoms with van der Waals surface area (Å²) in [4.78, 5) is 0. The van der Waals surface area contributed by atoms with Crippen LogP contribution in [0.2, 0.25) is 0 Å². The van der Waals surface area contributed by atoms with Crippen LogP contribution in [0.25, 0.3) is 16.0 Å². The second-order valence-electron chi connectivity index (χ2n) is 8.01. The molecule has 0 aliphatic heterocycles. The first-order valence-corrected chi connectivity index (χ1v) is 10.2. The van der Waals surface area contributed by atoms with Crippen molar-refractivity contribution < 1.29 is 26.2 Å². The maximum atomic E-state index is 4.28. The number of nitrogens with zero attached hydrogens (tertiary/aromatic N) is 3. The Bertz CT molecular complexity index is 258. The van der Waals surface area contributed by atoms with Crippen molar-refractivity contribution in [2.45, 2.75) is 126 Å². The van der Waals surface area contributed by atoms with Crippen molar-refractivity contribution in [1.29, 1.82) is 0 Å². The summed E-state index contributed by atoms with van der Waals surface area (Å²) >= 11 is 0. The molecule has 1 aliphatic rings. The van der Waals surface area contributed by atoms with E-state index in [-0.39, 0.29) is 26.2 Å². The van der Waals surface area contributed by atoms with Crippen LogP contribution in [0, 0.1) is 6.08 Å². The van der Waals surface area contributed by atoms with Gasteiger partial charge < -0.3 is 16.0 Å². The summed E-state index contributed by atoms with van der Waals surface area (Å²) in [5.74, 6) is 0. The number of allylic oxidation sites excluding steroid dienone is 4. The maximum absolute atomic E-state index is 4.28. The fourth-order valence-corrected chi connectivity index (χ4v) is 2.13. The topological polar surface area (TPSA) is 42.3 Å². The van der Waals surface area contributed by atoms with E-state index in [1.54, 1.807) is 0 Å². The van der Waals surface area contributed by atoms with E-state index in [0.29, 0.717) is 36.3 Å². The molecule has 0 saturated carbocycles. The Morgan fingerprint density at radius 3 is 0.852 bits per heavy atom. The quantitative estimate of drug-likeness (QED) is 0.365. The van der Waals surface area contributed by atoms with E-state index < -0.39 is 0 Å². The molecule has 4 heteroatoms. The van der Waals surface area contributed by atoms with Gasteiger partial charge in [0.05, 0.1) is 0 Å². The van der Waals surface area contributed by atoms with Crippen molar-refractivity contribution in [3.05, 3.63) is 40.3 Å². The van der Waals surface area contributed by atoms with Crippen molar-refractivity contribution in [2.75, 3.05) is 0 Å². The third kappa shape index (κ3) is 51.9. The SMILES string of the molecule is CC(C)[N-]C(C)C.CC(C)[N-]C(C)C.CC(C)[N-]C(C)C.[C-]1=CC=CC1.[Zr+4]. The first-order valence-electron chi connectivity index (χ1n) is 10.2. The molecule has 0 aromatic heterocycles. The predicted octanol–water partition coefficient (Wildman–Crippen LogP) is 7.83. The van der Waals surface area contributed by atoms with Gasteiger partial charge >= 0.3 is 26.2 Å². The minimum atomic E-state index is 0. The van der Waals surface area contributed by atoms with E-state index >= 15 is 0 Å². The van der Waals surface area contributed by atoms with Gasteiger partial charge in [0, 0.05) is 0 Å². The van der Waals surface area contributed by atoms with E-state index in [4.69, 9.17) is 0 Å². The van der Waals surface area contributed by atoms with E-state index in [1.165, 1.54) is 0 Å². The molecule has 0 aromatic carbocycles. The molecule has 3 nitrogen and oxygen atoms in total. The zero-order valence-corrected chi connectivity index (χ0v) is 22.7. The average Bonchev–Trinajstić information content (AvgIpc) is 2.93. The van der Waals surface area contributed by atoms with E-state index in [1.807, 2.05) is 12.2 Å². The summed E-state index contributed by atoms with van der Waals surface area (Å²) in [6, 6.07) is 3.00. The van der Waals surface area contributed by atoms with Gasteiger partial charge in [0.15, 0.2) is 0 Å². The first kappa shape index (κ1) is 34.7. The molecular formula is C23H47N3Zr. The van der Waals surface area contributed by atoms with Gasteiger partial charge in [-0.15, -0.1) is 42.7 Å². The first-order chi connectivity index (χ1) is 11.9. The van der Waals surface area contributed by atoms with Gasteiger partial charge in [-0.3, -0.25) is 6.08 Å². The molecule has 0 heterocycles. The molecule has 0 saturated heterocycles. The smallest absolute Gasteiger partial charge is 0.658 e. The van der Waals surface area contributed by atoms with Gasteiger partial charge in [-0.1, -0.05) is 83.1 Å². The van der Waals surface area contributed by atoms with Gasteiger partial charge in [0.25, 0.3) is 0 Å². The molecule has 0 fully saturated rings. The van der Waals surface area contributed by atoms with Crippen LogP contribution < -0.4 is 0 Å². The monoisotopic (exact) mass is 455 g/mol. The third-order valence-electron chi connectivity index (χ3n) is 2.37. The molecule has 0 unspecified atom stereocenters. The van der Waals surface area contributed by atoms with Crippen LogP contribution in [0.3, 0.4) is 0 Å². The van der Waals surface area contributed by atoms with Gasteiger partial charge in [-0.25, -0.2) is 12.2 Å². The summed E-state index contributed by atoms with van der Waals surface area (Å²) < 4.78 is 0. The molecule has 1 rings (SSSR count). The van der Waals surface area contributed by atoms with Gasteiger partial charge in [-0.05, 0) is 0 Å². The molecule has 0 radical (unpaired) electrons. The van der Waals surface area contributed by atoms with E-state index in [2.05, 4.69) is 111 Å². The van der Waals surface area contributed by atoms with Gasteiger partial charge in [0.2, 0.25) is 0 Å². The maximum Gasteiger partial charge on any atom is 4.00 e. The molecule has 0 atom stereocenters. The average molecular weight is 457 g/mol. The molecule has 0 spiro atoms. The molecule has 0 N–H and O–H groups in total. The molecule has 158 valence electrons. The second kappa shape index (κ2) is 24.3. The van der Waals surface area contributed by atoms with Crippen molar-refractivity contribution >= 4 is 0 Å². The summed E-state index contributed by atoms with van der Waals surface area (Å²) in [5, 5.41) is 12.8. The molecule has 27 heavy (non-hydrogen) atoms. The van der Waals surface area contributed by atoms with Crippen molar-refractivity contribution in [3.8, 4) is 0 Å². The Labute approximate surface area is 191 Å². The van der Waals surface area contributed by atoms with Crippen LogP contribution in [-0.4, -0.2) is 36.3 Å². The molecule has 0 aromatic rings. The summed E-state index contributed by atoms with van der Waals surface area (Å²) in [5.41, 5.74) is 0. The number of hydrogen-bond acceptors (Lipinski definition) is 0. The predicted molar refractivity (Wildman–Crippen MR) is 122 cm³/mol. The minimum Gasteiger partial charge on any atom is -0.658 e. The fraction of sp³-hybridized carbons (Fsp3) is 0.826. The zero-order valence-electron chi connectivity index (χ0n) is 20.2. The summed E-state index contributed by atoms with van der Waals surface area (Å²) in [7, 11) is 0. The van der Waals surface area contributed by atoms with Crippen LogP contribution in [0.4, 0.5) is 0 Å². The van der Waals surface area contributed by atoms with Crippen molar-refractivity contribution in [3.63, 3.8) is 0 Å². The molecule has 1 aliphatic carbocycles. The summed E-state index contributed by atoms with van der Waals surface area (Å²) in [6.07, 6.45) is 10.0. The third-order valence-corrected chi connectivity index (χ3v) is 2.37. The standard InChI is InChI=1S/3C6H14N.C5H5.Zr/c3*1-5(2)7-6(3)4;1-2-4-5-3-1;/h3*5-6H,1-4H3;1-3H,4H2;/q4*-1;+4. The summed E-state index contributed by atoms with van der Waals surface area (Å²) in [6.45, 7) is 25.2. The van der Waals surface area contributed by atoms with Crippen LogP contribution in [0.5, 0.6) is 0 Å². The second-order valence-corrected chi connectivity index (χ2v) is 8.01. The number of hydrogen-bond donors (Lipinski definition) is 0. The Morgan fingerprint density at radius 1 is 0.556 bits per heavy atom. The molecule has 0 bridgehead atoms. The van der Waals surface area contributed by atoms with Crippen LogP contribution in [0.15, 0.2) is 18.2 Å². The van der Waals surface area contributed by atoms with Crippen molar-refractivity contribution in [1.82, 2.24) is 0 Å². The normalized spacial score (nSPS) is 11.9. The Hall–Kier alpha value is 0.243. The molecule has 0 amide bonds. The Morgan fingerprint density at radius 2 is 0.815 bits per heavy atom. The molecular weight excluding hydrogens is 409 g/mol. The largest absolute Gasteiger partial charge is 4.00 e. The zero-order chi connectivity index (χ0) is 21.1. The van der Waals surface area contributed by atoms with Gasteiger partial charge in [0.1, 0.15) is 0 Å². The Balaban J connectivity index is -0.000000130. The van der Waals surface area contributed by atoms with E-state index in [9.17, 15) is 0 Å². The van der Waals surface area contributed by atoms with Crippen molar-refractivity contribution in [2.24, 2.45) is 0 Å².